The van der Waals surface area contributed by atoms with Crippen molar-refractivity contribution in [3.8, 4) is 0 Å². The number of para-hydroxylation sites is 1. The van der Waals surface area contributed by atoms with E-state index in [1.807, 2.05) is 0 Å². The first-order valence-electron chi connectivity index (χ1n) is 9.30. The minimum atomic E-state index is -4.50. The molecule has 3 aromatic carbocycles. The lowest BCUT2D eigenvalue weighted by Crippen LogP contribution is -2.39. The SMILES string of the molecule is O=C(CN(c1ccccc1)S(=O)(=O)c1ccccc1)N/N=C\c1cccc(C(F)(F)F)c1. The van der Waals surface area contributed by atoms with Gasteiger partial charge in [0, 0.05) is 0 Å². The van der Waals surface area contributed by atoms with Crippen molar-refractivity contribution in [2.24, 2.45) is 5.10 Å². The number of benzene rings is 3. The van der Waals surface area contributed by atoms with Crippen molar-refractivity contribution in [3.63, 3.8) is 0 Å². The number of hydrogen-bond acceptors (Lipinski definition) is 4. The van der Waals surface area contributed by atoms with Gasteiger partial charge in [-0.2, -0.15) is 18.3 Å². The molecule has 0 bridgehead atoms. The predicted octanol–water partition coefficient (Wildman–Crippen LogP) is 4.05. The van der Waals surface area contributed by atoms with E-state index in [1.165, 1.54) is 24.3 Å². The highest BCUT2D eigenvalue weighted by atomic mass is 32.2. The summed E-state index contributed by atoms with van der Waals surface area (Å²) in [6, 6.07) is 20.1. The average Bonchev–Trinajstić information content (AvgIpc) is 2.78. The molecule has 0 aliphatic carbocycles. The number of alkyl halides is 3. The monoisotopic (exact) mass is 461 g/mol. The predicted molar refractivity (Wildman–Crippen MR) is 115 cm³/mol. The molecule has 166 valence electrons. The number of anilines is 1. The van der Waals surface area contributed by atoms with Gasteiger partial charge in [0.15, 0.2) is 0 Å². The molecule has 0 fully saturated rings. The Bertz CT molecular complexity index is 1200. The number of nitrogens with zero attached hydrogens (tertiary/aromatic N) is 2. The van der Waals surface area contributed by atoms with Crippen LogP contribution in [0.3, 0.4) is 0 Å². The summed E-state index contributed by atoms with van der Waals surface area (Å²) in [4.78, 5) is 12.4. The fourth-order valence-corrected chi connectivity index (χ4v) is 4.21. The van der Waals surface area contributed by atoms with Crippen LogP contribution >= 0.6 is 0 Å². The fourth-order valence-electron chi connectivity index (χ4n) is 2.77. The first-order valence-corrected chi connectivity index (χ1v) is 10.7. The molecule has 0 aliphatic rings. The van der Waals surface area contributed by atoms with Crippen molar-refractivity contribution in [1.29, 1.82) is 0 Å². The van der Waals surface area contributed by atoms with Gasteiger partial charge in [-0.05, 0) is 42.0 Å². The van der Waals surface area contributed by atoms with Gasteiger partial charge in [-0.1, -0.05) is 48.5 Å². The summed E-state index contributed by atoms with van der Waals surface area (Å²) in [5.74, 6) is -0.767. The van der Waals surface area contributed by atoms with E-state index in [2.05, 4.69) is 10.5 Å². The third-order valence-electron chi connectivity index (χ3n) is 4.28. The Morgan fingerprint density at radius 1 is 0.938 bits per heavy atom. The first-order chi connectivity index (χ1) is 15.2. The van der Waals surface area contributed by atoms with Gasteiger partial charge in [0.2, 0.25) is 0 Å². The molecule has 32 heavy (non-hydrogen) atoms. The molecule has 1 N–H and O–H groups in total. The summed E-state index contributed by atoms with van der Waals surface area (Å²) in [5, 5.41) is 3.65. The van der Waals surface area contributed by atoms with Crippen molar-refractivity contribution in [2.75, 3.05) is 10.8 Å². The van der Waals surface area contributed by atoms with Gasteiger partial charge in [0.1, 0.15) is 6.54 Å². The van der Waals surface area contributed by atoms with Crippen LogP contribution in [0.15, 0.2) is 94.9 Å². The molecule has 0 radical (unpaired) electrons. The lowest BCUT2D eigenvalue weighted by atomic mass is 10.1. The van der Waals surface area contributed by atoms with Gasteiger partial charge >= 0.3 is 6.18 Å². The Labute approximate surface area is 183 Å². The number of carbonyl (C=O) groups excluding carboxylic acids is 1. The van der Waals surface area contributed by atoms with E-state index < -0.39 is 34.2 Å². The van der Waals surface area contributed by atoms with Crippen LogP contribution in [0.4, 0.5) is 18.9 Å². The second-order valence-corrected chi connectivity index (χ2v) is 8.44. The number of amides is 1. The van der Waals surface area contributed by atoms with Crippen molar-refractivity contribution in [1.82, 2.24) is 5.43 Å². The van der Waals surface area contributed by atoms with Crippen molar-refractivity contribution in [2.45, 2.75) is 11.1 Å². The van der Waals surface area contributed by atoms with Crippen LogP contribution in [0.1, 0.15) is 11.1 Å². The lowest BCUT2D eigenvalue weighted by Gasteiger charge is -2.23. The van der Waals surface area contributed by atoms with Crippen molar-refractivity contribution >= 4 is 27.8 Å². The van der Waals surface area contributed by atoms with E-state index in [9.17, 15) is 26.4 Å². The van der Waals surface area contributed by atoms with Crippen LogP contribution in [0.2, 0.25) is 0 Å². The highest BCUT2D eigenvalue weighted by molar-refractivity contribution is 7.92. The fraction of sp³-hybridized carbons (Fsp3) is 0.0909. The Morgan fingerprint density at radius 3 is 2.19 bits per heavy atom. The Hall–Kier alpha value is -3.66. The number of hydrazone groups is 1. The van der Waals surface area contributed by atoms with Crippen LogP contribution in [0, 0.1) is 0 Å². The number of nitrogens with one attached hydrogen (secondary N) is 1. The lowest BCUT2D eigenvalue weighted by molar-refractivity contribution is -0.137. The van der Waals surface area contributed by atoms with Gasteiger partial charge in [0.25, 0.3) is 15.9 Å². The quantitative estimate of drug-likeness (QED) is 0.426. The smallest absolute Gasteiger partial charge is 0.271 e. The minimum absolute atomic E-state index is 0.00381. The average molecular weight is 461 g/mol. The molecule has 0 heterocycles. The summed E-state index contributed by atoms with van der Waals surface area (Å²) in [6.45, 7) is -0.582. The van der Waals surface area contributed by atoms with Crippen LogP contribution < -0.4 is 9.73 Å². The highest BCUT2D eigenvalue weighted by Gasteiger charge is 2.30. The maximum Gasteiger partial charge on any atom is 0.416 e. The van der Waals surface area contributed by atoms with Crippen molar-refractivity contribution in [3.05, 3.63) is 96.1 Å². The maximum atomic E-state index is 13.1. The third kappa shape index (κ3) is 5.73. The molecular formula is C22H18F3N3O3S. The van der Waals surface area contributed by atoms with E-state index in [4.69, 9.17) is 0 Å². The Balaban J connectivity index is 1.77. The first kappa shape index (κ1) is 23.0. The van der Waals surface area contributed by atoms with E-state index in [-0.39, 0.29) is 16.1 Å². The molecule has 3 aromatic rings. The summed E-state index contributed by atoms with van der Waals surface area (Å²) >= 11 is 0. The van der Waals surface area contributed by atoms with Crippen LogP contribution in [0.5, 0.6) is 0 Å². The van der Waals surface area contributed by atoms with Crippen LogP contribution in [-0.4, -0.2) is 27.1 Å². The zero-order valence-electron chi connectivity index (χ0n) is 16.5. The number of hydrogen-bond donors (Lipinski definition) is 1. The molecule has 0 aromatic heterocycles. The second kappa shape index (κ2) is 9.65. The van der Waals surface area contributed by atoms with Crippen LogP contribution in [0.25, 0.3) is 0 Å². The highest BCUT2D eigenvalue weighted by Crippen LogP contribution is 2.29. The molecule has 0 unspecified atom stereocenters. The molecule has 1 amide bonds. The number of rotatable bonds is 7. The molecule has 0 spiro atoms. The minimum Gasteiger partial charge on any atom is -0.271 e. The topological polar surface area (TPSA) is 78.8 Å². The van der Waals surface area contributed by atoms with Gasteiger partial charge in [-0.25, -0.2) is 13.8 Å². The van der Waals surface area contributed by atoms with E-state index in [0.717, 1.165) is 22.7 Å². The molecule has 10 heteroatoms. The molecule has 0 atom stereocenters. The van der Waals surface area contributed by atoms with Crippen LogP contribution in [-0.2, 0) is 21.0 Å². The number of sulfonamides is 1. The molecule has 3 rings (SSSR count). The molecule has 0 saturated carbocycles. The summed E-state index contributed by atoms with van der Waals surface area (Å²) in [5.41, 5.74) is 1.70. The van der Waals surface area contributed by atoms with Gasteiger partial charge in [-0.15, -0.1) is 0 Å². The summed E-state index contributed by atoms with van der Waals surface area (Å²) < 4.78 is 65.5. The van der Waals surface area contributed by atoms with E-state index >= 15 is 0 Å². The standard InChI is InChI=1S/C22H18F3N3O3S/c23-22(24,25)18-9-7-8-17(14-18)15-26-27-21(29)16-28(19-10-3-1-4-11-19)32(30,31)20-12-5-2-6-13-20/h1-15H,16H2,(H,27,29)/b26-15-. The third-order valence-corrected chi connectivity index (χ3v) is 6.07. The molecule has 0 aliphatic heterocycles. The number of carbonyl (C=O) groups is 1. The molecule has 0 saturated heterocycles. The normalized spacial score (nSPS) is 12.0. The zero-order chi connectivity index (χ0) is 23.2. The van der Waals surface area contributed by atoms with Gasteiger partial charge < -0.3 is 0 Å². The van der Waals surface area contributed by atoms with E-state index in [1.54, 1.807) is 48.5 Å². The van der Waals surface area contributed by atoms with Gasteiger partial charge in [0.05, 0.1) is 22.4 Å². The Morgan fingerprint density at radius 2 is 1.56 bits per heavy atom. The zero-order valence-corrected chi connectivity index (χ0v) is 17.3. The maximum absolute atomic E-state index is 13.1. The van der Waals surface area contributed by atoms with E-state index in [0.29, 0.717) is 0 Å². The van der Waals surface area contributed by atoms with Gasteiger partial charge in [-0.3, -0.25) is 9.10 Å². The summed E-state index contributed by atoms with van der Waals surface area (Å²) in [7, 11) is -4.05. The number of halogens is 3. The molecule has 6 nitrogen and oxygen atoms in total. The Kier molecular flexibility index (Phi) is 6.94. The molecular weight excluding hydrogens is 443 g/mol. The summed E-state index contributed by atoms with van der Waals surface area (Å²) in [6.07, 6.45) is -3.46. The van der Waals surface area contributed by atoms with Crippen molar-refractivity contribution < 1.29 is 26.4 Å². The second-order valence-electron chi connectivity index (χ2n) is 6.58. The largest absolute Gasteiger partial charge is 0.416 e.